The Hall–Kier alpha value is -2.08. The highest BCUT2D eigenvalue weighted by atomic mass is 32.2. The van der Waals surface area contributed by atoms with E-state index in [1.54, 1.807) is 18.2 Å². The van der Waals surface area contributed by atoms with Gasteiger partial charge >= 0.3 is 0 Å². The number of furan rings is 1. The number of fused-ring (bicyclic) bond motifs is 2. The minimum absolute atomic E-state index is 0.0585. The van der Waals surface area contributed by atoms with Crippen LogP contribution in [0.25, 0.3) is 0 Å². The monoisotopic (exact) mass is 344 g/mol. The van der Waals surface area contributed by atoms with E-state index >= 15 is 0 Å². The van der Waals surface area contributed by atoms with Crippen molar-refractivity contribution in [3.8, 4) is 0 Å². The van der Waals surface area contributed by atoms with E-state index in [0.29, 0.717) is 16.3 Å². The molecule has 1 unspecified atom stereocenters. The number of rotatable bonds is 1. The van der Waals surface area contributed by atoms with Crippen LogP contribution in [0.15, 0.2) is 44.6 Å². The second kappa shape index (κ2) is 4.96. The van der Waals surface area contributed by atoms with Crippen molar-refractivity contribution in [2.24, 2.45) is 10.4 Å². The van der Waals surface area contributed by atoms with Gasteiger partial charge in [-0.1, -0.05) is 26.0 Å². The van der Waals surface area contributed by atoms with Crippen molar-refractivity contribution in [2.75, 3.05) is 0 Å². The Morgan fingerprint density at radius 2 is 2.04 bits per heavy atom. The minimum atomic E-state index is -3.51. The van der Waals surface area contributed by atoms with Crippen molar-refractivity contribution in [2.45, 2.75) is 44.6 Å². The van der Waals surface area contributed by atoms with Gasteiger partial charge in [-0.15, -0.1) is 0 Å². The van der Waals surface area contributed by atoms with Crippen molar-refractivity contribution < 1.29 is 12.8 Å². The molecule has 0 saturated carbocycles. The first-order valence-corrected chi connectivity index (χ1v) is 9.53. The van der Waals surface area contributed by atoms with Crippen molar-refractivity contribution in [3.05, 3.63) is 53.0 Å². The number of hydrogen-bond acceptors (Lipinski definition) is 4. The van der Waals surface area contributed by atoms with E-state index in [0.717, 1.165) is 29.9 Å². The molecule has 1 aromatic carbocycles. The molecular formula is C18H20N2O3S. The average Bonchev–Trinajstić information content (AvgIpc) is 2.96. The van der Waals surface area contributed by atoms with Crippen LogP contribution in [-0.2, 0) is 16.4 Å². The summed E-state index contributed by atoms with van der Waals surface area (Å²) in [6.07, 6.45) is 1.73. The molecule has 24 heavy (non-hydrogen) atoms. The molecule has 1 aromatic heterocycles. The van der Waals surface area contributed by atoms with Crippen LogP contribution in [0.4, 0.5) is 0 Å². The number of amidine groups is 1. The standard InChI is InChI=1S/C18H20N2O3S/c1-11-8-13-14(9-18(2,3)10-15(13)23-11)19-17-12-6-4-5-7-16(12)24(21,22)20-17/h4-8,14H,9-10H2,1-3H3,(H,19,20). The lowest BCUT2D eigenvalue weighted by atomic mass is 9.75. The molecule has 2 aliphatic rings. The van der Waals surface area contributed by atoms with Gasteiger partial charge in [0, 0.05) is 17.5 Å². The molecule has 2 aromatic rings. The third-order valence-corrected chi connectivity index (χ3v) is 6.05. The van der Waals surface area contributed by atoms with E-state index in [4.69, 9.17) is 9.41 Å². The lowest BCUT2D eigenvalue weighted by molar-refractivity contribution is 0.255. The summed E-state index contributed by atoms with van der Waals surface area (Å²) in [7, 11) is -3.51. The number of nitrogens with one attached hydrogen (secondary N) is 1. The Morgan fingerprint density at radius 1 is 1.29 bits per heavy atom. The molecule has 1 aliphatic carbocycles. The van der Waals surface area contributed by atoms with Gasteiger partial charge in [0.1, 0.15) is 17.4 Å². The Labute approximate surface area is 141 Å². The molecule has 0 bridgehead atoms. The van der Waals surface area contributed by atoms with Gasteiger partial charge in [-0.05, 0) is 37.0 Å². The van der Waals surface area contributed by atoms with Crippen molar-refractivity contribution >= 4 is 15.9 Å². The highest BCUT2D eigenvalue weighted by Crippen LogP contribution is 2.44. The van der Waals surface area contributed by atoms with Gasteiger partial charge in [-0.2, -0.15) is 0 Å². The van der Waals surface area contributed by atoms with Crippen LogP contribution in [0.3, 0.4) is 0 Å². The SMILES string of the molecule is Cc1cc2c(o1)CC(C)(C)CC2N=C1NS(=O)(=O)c2ccccc21. The van der Waals surface area contributed by atoms with Gasteiger partial charge in [-0.25, -0.2) is 8.42 Å². The fraction of sp³-hybridized carbons (Fsp3) is 0.389. The molecule has 0 amide bonds. The molecule has 2 heterocycles. The predicted octanol–water partition coefficient (Wildman–Crippen LogP) is 3.34. The first kappa shape index (κ1) is 15.4. The van der Waals surface area contributed by atoms with E-state index in [2.05, 4.69) is 18.6 Å². The summed E-state index contributed by atoms with van der Waals surface area (Å²) < 4.78 is 33.0. The highest BCUT2D eigenvalue weighted by Gasteiger charge is 2.37. The Kier molecular flexibility index (Phi) is 3.19. The molecule has 5 nitrogen and oxygen atoms in total. The third kappa shape index (κ3) is 2.45. The summed E-state index contributed by atoms with van der Waals surface area (Å²) >= 11 is 0. The van der Waals surface area contributed by atoms with E-state index in [-0.39, 0.29) is 11.5 Å². The summed E-state index contributed by atoms with van der Waals surface area (Å²) in [6.45, 7) is 6.31. The molecule has 1 aliphatic heterocycles. The van der Waals surface area contributed by atoms with Crippen molar-refractivity contribution in [1.29, 1.82) is 0 Å². The normalized spacial score (nSPS) is 25.1. The lowest BCUT2D eigenvalue weighted by Gasteiger charge is -2.32. The van der Waals surface area contributed by atoms with Gasteiger partial charge < -0.3 is 4.42 Å². The van der Waals surface area contributed by atoms with E-state index in [1.165, 1.54) is 0 Å². The van der Waals surface area contributed by atoms with E-state index in [1.807, 2.05) is 19.1 Å². The number of sulfonamides is 1. The van der Waals surface area contributed by atoms with Crippen molar-refractivity contribution in [3.63, 3.8) is 0 Å². The maximum Gasteiger partial charge on any atom is 0.263 e. The van der Waals surface area contributed by atoms with E-state index in [9.17, 15) is 8.42 Å². The smallest absolute Gasteiger partial charge is 0.263 e. The maximum absolute atomic E-state index is 12.3. The summed E-state index contributed by atoms with van der Waals surface area (Å²) in [6, 6.07) is 8.87. The molecule has 126 valence electrons. The second-order valence-corrected chi connectivity index (χ2v) is 9.03. The molecular weight excluding hydrogens is 324 g/mol. The zero-order valence-electron chi connectivity index (χ0n) is 14.0. The highest BCUT2D eigenvalue weighted by molar-refractivity contribution is 7.90. The molecule has 4 rings (SSSR count). The zero-order chi connectivity index (χ0) is 17.1. The maximum atomic E-state index is 12.3. The first-order valence-electron chi connectivity index (χ1n) is 8.04. The number of benzene rings is 1. The van der Waals surface area contributed by atoms with Crippen molar-refractivity contribution in [1.82, 2.24) is 4.72 Å². The number of nitrogens with zero attached hydrogens (tertiary/aromatic N) is 1. The topological polar surface area (TPSA) is 71.7 Å². The molecule has 6 heteroatoms. The zero-order valence-corrected chi connectivity index (χ0v) is 14.8. The Morgan fingerprint density at radius 3 is 2.83 bits per heavy atom. The van der Waals surface area contributed by atoms with E-state index < -0.39 is 10.0 Å². The first-order chi connectivity index (χ1) is 11.3. The largest absolute Gasteiger partial charge is 0.466 e. The van der Waals surface area contributed by atoms with Crippen LogP contribution in [0.2, 0.25) is 0 Å². The summed E-state index contributed by atoms with van der Waals surface area (Å²) in [5, 5.41) is 0. The minimum Gasteiger partial charge on any atom is -0.466 e. The number of hydrogen-bond donors (Lipinski definition) is 1. The Bertz CT molecular complexity index is 954. The van der Waals surface area contributed by atoms with Crippen LogP contribution >= 0.6 is 0 Å². The average molecular weight is 344 g/mol. The van der Waals surface area contributed by atoms with Crippen LogP contribution in [0, 0.1) is 12.3 Å². The summed E-state index contributed by atoms with van der Waals surface area (Å²) in [5.74, 6) is 2.26. The second-order valence-electron chi connectivity index (χ2n) is 7.38. The quantitative estimate of drug-likeness (QED) is 0.862. The van der Waals surface area contributed by atoms with Gasteiger partial charge in [0.2, 0.25) is 0 Å². The predicted molar refractivity (Wildman–Crippen MR) is 91.6 cm³/mol. The van der Waals surface area contributed by atoms with Gasteiger partial charge in [0.15, 0.2) is 0 Å². The lowest BCUT2D eigenvalue weighted by Crippen LogP contribution is -2.27. The number of aryl methyl sites for hydroxylation is 1. The summed E-state index contributed by atoms with van der Waals surface area (Å²) in [4.78, 5) is 5.08. The van der Waals surface area contributed by atoms with Crippen LogP contribution in [0.5, 0.6) is 0 Å². The number of aliphatic imine (C=N–C) groups is 1. The van der Waals surface area contributed by atoms with Crippen LogP contribution in [0.1, 0.15) is 49.0 Å². The van der Waals surface area contributed by atoms with Gasteiger partial charge in [0.05, 0.1) is 10.9 Å². The molecule has 0 spiro atoms. The molecule has 1 N–H and O–H groups in total. The molecule has 0 radical (unpaired) electrons. The molecule has 1 atom stereocenters. The third-order valence-electron chi connectivity index (χ3n) is 4.66. The fourth-order valence-corrected chi connectivity index (χ4v) is 4.88. The molecule has 0 saturated heterocycles. The van der Waals surface area contributed by atoms with Crippen LogP contribution in [-0.4, -0.2) is 14.3 Å². The fourth-order valence-electron chi connectivity index (χ4n) is 3.64. The molecule has 0 fully saturated rings. The van der Waals surface area contributed by atoms with Gasteiger partial charge in [0.25, 0.3) is 10.0 Å². The van der Waals surface area contributed by atoms with Crippen LogP contribution < -0.4 is 4.72 Å². The summed E-state index contributed by atoms with van der Waals surface area (Å²) in [5.41, 5.74) is 1.77. The Balaban J connectivity index is 1.82. The van der Waals surface area contributed by atoms with Gasteiger partial charge in [-0.3, -0.25) is 9.71 Å².